The van der Waals surface area contributed by atoms with Gasteiger partial charge in [-0.2, -0.15) is 18.4 Å². The van der Waals surface area contributed by atoms with Gasteiger partial charge < -0.3 is 4.74 Å². The lowest BCUT2D eigenvalue weighted by atomic mass is 10.2. The van der Waals surface area contributed by atoms with Gasteiger partial charge >= 0.3 is 6.18 Å². The number of rotatable bonds is 2. The maximum Gasteiger partial charge on any atom is 0.422 e. The number of hydrogen-bond acceptors (Lipinski definition) is 4. The van der Waals surface area contributed by atoms with Gasteiger partial charge in [0.15, 0.2) is 6.61 Å². The van der Waals surface area contributed by atoms with E-state index in [1.807, 2.05) is 0 Å². The third kappa shape index (κ3) is 2.48. The van der Waals surface area contributed by atoms with Gasteiger partial charge in [-0.05, 0) is 6.07 Å². The molecule has 0 fully saturated rings. The van der Waals surface area contributed by atoms with Crippen molar-refractivity contribution < 1.29 is 17.9 Å². The van der Waals surface area contributed by atoms with Crippen molar-refractivity contribution in [1.82, 2.24) is 9.97 Å². The fourth-order valence-corrected chi connectivity index (χ4v) is 1.40. The summed E-state index contributed by atoms with van der Waals surface area (Å²) in [5.41, 5.74) is 0.362. The zero-order valence-electron chi connectivity index (χ0n) is 8.90. The molecular formula is C11H6F3N3O. The number of fused-ring (bicyclic) bond motifs is 1. The summed E-state index contributed by atoms with van der Waals surface area (Å²) in [6.45, 7) is -1.46. The number of halogens is 3. The van der Waals surface area contributed by atoms with Gasteiger partial charge in [-0.25, -0.2) is 0 Å². The number of alkyl halides is 3. The lowest BCUT2D eigenvalue weighted by Gasteiger charge is -2.11. The number of ether oxygens (including phenoxy) is 1. The summed E-state index contributed by atoms with van der Waals surface area (Å²) in [7, 11) is 0. The first-order valence-electron chi connectivity index (χ1n) is 4.83. The molecule has 0 unspecified atom stereocenters. The van der Waals surface area contributed by atoms with Crippen LogP contribution in [-0.2, 0) is 0 Å². The highest BCUT2D eigenvalue weighted by Gasteiger charge is 2.29. The second kappa shape index (κ2) is 4.49. The predicted octanol–water partition coefficient (Wildman–Crippen LogP) is 2.44. The molecule has 2 aromatic rings. The van der Waals surface area contributed by atoms with Crippen LogP contribution in [0.1, 0.15) is 5.56 Å². The van der Waals surface area contributed by atoms with E-state index in [0.29, 0.717) is 5.52 Å². The Balaban J connectivity index is 2.49. The Kier molecular flexibility index (Phi) is 3.02. The smallest absolute Gasteiger partial charge is 0.422 e. The normalized spacial score (nSPS) is 11.2. The molecule has 92 valence electrons. The molecule has 0 atom stereocenters. The van der Waals surface area contributed by atoms with Gasteiger partial charge in [0, 0.05) is 18.6 Å². The van der Waals surface area contributed by atoms with Crippen LogP contribution in [0.2, 0.25) is 0 Å². The van der Waals surface area contributed by atoms with Crippen molar-refractivity contribution in [3.63, 3.8) is 0 Å². The van der Waals surface area contributed by atoms with E-state index in [1.165, 1.54) is 24.7 Å². The van der Waals surface area contributed by atoms with E-state index < -0.39 is 12.8 Å². The average molecular weight is 253 g/mol. The summed E-state index contributed by atoms with van der Waals surface area (Å²) in [5.74, 6) is -0.145. The lowest BCUT2D eigenvalue weighted by Crippen LogP contribution is -2.19. The summed E-state index contributed by atoms with van der Waals surface area (Å²) in [4.78, 5) is 7.72. The van der Waals surface area contributed by atoms with Crippen molar-refractivity contribution in [2.24, 2.45) is 0 Å². The predicted molar refractivity (Wildman–Crippen MR) is 55.8 cm³/mol. The molecule has 0 bridgehead atoms. The molecule has 0 aliphatic heterocycles. The molecule has 0 saturated heterocycles. The van der Waals surface area contributed by atoms with Crippen molar-refractivity contribution in [3.8, 4) is 11.8 Å². The van der Waals surface area contributed by atoms with E-state index in [4.69, 9.17) is 5.26 Å². The molecule has 0 saturated carbocycles. The Morgan fingerprint density at radius 3 is 2.78 bits per heavy atom. The average Bonchev–Trinajstić information content (AvgIpc) is 2.34. The summed E-state index contributed by atoms with van der Waals surface area (Å²) in [5, 5.41) is 9.11. The number of pyridine rings is 2. The van der Waals surface area contributed by atoms with Crippen LogP contribution in [0.25, 0.3) is 10.9 Å². The maximum absolute atomic E-state index is 12.1. The second-order valence-electron chi connectivity index (χ2n) is 3.41. The topological polar surface area (TPSA) is 58.8 Å². The standard InChI is InChI=1S/C11H6F3N3O/c12-11(13,14)6-18-10-7(3-15)4-17-9-1-2-16-5-8(9)10/h1-2,4-5H,6H2. The van der Waals surface area contributed by atoms with E-state index in [2.05, 4.69) is 14.7 Å². The molecule has 0 aromatic carbocycles. The lowest BCUT2D eigenvalue weighted by molar-refractivity contribution is -0.153. The van der Waals surface area contributed by atoms with Crippen LogP contribution in [0.4, 0.5) is 13.2 Å². The Morgan fingerprint density at radius 2 is 2.11 bits per heavy atom. The van der Waals surface area contributed by atoms with Gasteiger partial charge in [-0.1, -0.05) is 0 Å². The van der Waals surface area contributed by atoms with Crippen molar-refractivity contribution in [3.05, 3.63) is 30.2 Å². The summed E-state index contributed by atoms with van der Waals surface area (Å²) in [6, 6.07) is 3.27. The second-order valence-corrected chi connectivity index (χ2v) is 3.41. The van der Waals surface area contributed by atoms with Crippen molar-refractivity contribution in [2.75, 3.05) is 6.61 Å². The Hall–Kier alpha value is -2.36. The van der Waals surface area contributed by atoms with Crippen molar-refractivity contribution in [1.29, 1.82) is 5.26 Å². The third-order valence-corrected chi connectivity index (χ3v) is 2.12. The molecule has 0 N–H and O–H groups in total. The Labute approximate surface area is 99.6 Å². The first-order valence-corrected chi connectivity index (χ1v) is 4.83. The number of aromatic nitrogens is 2. The van der Waals surface area contributed by atoms with Crippen molar-refractivity contribution in [2.45, 2.75) is 6.18 Å². The quantitative estimate of drug-likeness (QED) is 0.824. The molecule has 4 nitrogen and oxygen atoms in total. The zero-order valence-corrected chi connectivity index (χ0v) is 8.90. The number of nitriles is 1. The first kappa shape index (κ1) is 12.1. The van der Waals surface area contributed by atoms with Crippen LogP contribution in [-0.4, -0.2) is 22.8 Å². The highest BCUT2D eigenvalue weighted by molar-refractivity contribution is 5.86. The zero-order chi connectivity index (χ0) is 13.2. The van der Waals surface area contributed by atoms with E-state index >= 15 is 0 Å². The largest absolute Gasteiger partial charge is 0.482 e. The van der Waals surface area contributed by atoms with E-state index in [-0.39, 0.29) is 16.7 Å². The third-order valence-electron chi connectivity index (χ3n) is 2.12. The van der Waals surface area contributed by atoms with Crippen LogP contribution in [0, 0.1) is 11.3 Å². The molecule has 18 heavy (non-hydrogen) atoms. The van der Waals surface area contributed by atoms with Gasteiger partial charge in [0.25, 0.3) is 0 Å². The fraction of sp³-hybridized carbons (Fsp3) is 0.182. The molecule has 0 aliphatic carbocycles. The van der Waals surface area contributed by atoms with Gasteiger partial charge in [0.2, 0.25) is 0 Å². The maximum atomic E-state index is 12.1. The van der Waals surface area contributed by atoms with E-state index in [0.717, 1.165) is 0 Å². The number of nitrogens with zero attached hydrogens (tertiary/aromatic N) is 3. The van der Waals surface area contributed by atoms with E-state index in [9.17, 15) is 13.2 Å². The minimum Gasteiger partial charge on any atom is -0.482 e. The molecule has 7 heteroatoms. The molecular weight excluding hydrogens is 247 g/mol. The molecule has 0 radical (unpaired) electrons. The molecule has 0 amide bonds. The first-order chi connectivity index (χ1) is 8.51. The van der Waals surface area contributed by atoms with E-state index in [1.54, 1.807) is 6.07 Å². The monoisotopic (exact) mass is 253 g/mol. The van der Waals surface area contributed by atoms with Gasteiger partial charge in [0.05, 0.1) is 10.9 Å². The summed E-state index contributed by atoms with van der Waals surface area (Å²) >= 11 is 0. The van der Waals surface area contributed by atoms with Gasteiger partial charge in [-0.15, -0.1) is 0 Å². The summed E-state index contributed by atoms with van der Waals surface area (Å²) in [6.07, 6.45) is -0.525. The minimum atomic E-state index is -4.47. The minimum absolute atomic E-state index is 0.0558. The van der Waals surface area contributed by atoms with Gasteiger partial charge in [-0.3, -0.25) is 9.97 Å². The van der Waals surface area contributed by atoms with Crippen molar-refractivity contribution >= 4 is 10.9 Å². The molecule has 0 aliphatic rings. The Bertz CT molecular complexity index is 619. The van der Waals surface area contributed by atoms with Crippen LogP contribution in [0.5, 0.6) is 5.75 Å². The Morgan fingerprint density at radius 1 is 1.33 bits per heavy atom. The van der Waals surface area contributed by atoms with Crippen LogP contribution < -0.4 is 4.74 Å². The molecule has 2 heterocycles. The highest BCUT2D eigenvalue weighted by Crippen LogP contribution is 2.28. The molecule has 0 spiro atoms. The van der Waals surface area contributed by atoms with Crippen LogP contribution >= 0.6 is 0 Å². The summed E-state index contributed by atoms with van der Waals surface area (Å²) < 4.78 is 41.1. The number of hydrogen-bond donors (Lipinski definition) is 0. The highest BCUT2D eigenvalue weighted by atomic mass is 19.4. The fourth-order valence-electron chi connectivity index (χ4n) is 1.40. The molecule has 2 aromatic heterocycles. The van der Waals surface area contributed by atoms with Crippen LogP contribution in [0.3, 0.4) is 0 Å². The molecule has 2 rings (SSSR count). The van der Waals surface area contributed by atoms with Gasteiger partial charge in [0.1, 0.15) is 17.4 Å². The van der Waals surface area contributed by atoms with Crippen LogP contribution in [0.15, 0.2) is 24.7 Å². The SMILES string of the molecule is N#Cc1cnc2ccncc2c1OCC(F)(F)F.